The Morgan fingerprint density at radius 2 is 2.50 bits per heavy atom. The van der Waals surface area contributed by atoms with Crippen molar-refractivity contribution in [3.05, 3.63) is 24.4 Å². The quantitative estimate of drug-likeness (QED) is 0.545. The van der Waals surface area contributed by atoms with Crippen LogP contribution in [0, 0.1) is 0 Å². The van der Waals surface area contributed by atoms with Crippen LogP contribution >= 0.6 is 0 Å². The smallest absolute Gasteiger partial charge is 0.240 e. The van der Waals surface area contributed by atoms with Crippen LogP contribution in [0.3, 0.4) is 0 Å². The fraction of sp³-hybridized carbons (Fsp3) is 0.556. The van der Waals surface area contributed by atoms with E-state index in [4.69, 9.17) is 9.26 Å². The highest BCUT2D eigenvalue weighted by Gasteiger charge is 2.11. The van der Waals surface area contributed by atoms with Gasteiger partial charge in [0.1, 0.15) is 6.10 Å². The molecule has 1 rings (SSSR count). The number of nitrogens with one attached hydrogen (secondary N) is 1. The van der Waals surface area contributed by atoms with E-state index >= 15 is 0 Å². The van der Waals surface area contributed by atoms with Crippen molar-refractivity contribution < 1.29 is 9.26 Å². The van der Waals surface area contributed by atoms with Crippen LogP contribution in [-0.2, 0) is 11.3 Å². The molecule has 0 saturated carbocycles. The normalized spacial score (nSPS) is 12.7. The number of nitrogens with zero attached hydrogens (tertiary/aromatic N) is 2. The molecule has 1 heterocycles. The molecule has 0 radical (unpaired) electrons. The molecular formula is C9H15N3O2. The Kier molecular flexibility index (Phi) is 4.28. The van der Waals surface area contributed by atoms with Crippen LogP contribution in [0.25, 0.3) is 0 Å². The van der Waals surface area contributed by atoms with Crippen molar-refractivity contribution in [2.75, 3.05) is 13.7 Å². The molecule has 0 amide bonds. The first kappa shape index (κ1) is 10.9. The van der Waals surface area contributed by atoms with Crippen LogP contribution in [0.15, 0.2) is 17.2 Å². The average Bonchev–Trinajstić information content (AvgIpc) is 2.66. The maximum atomic E-state index is 5.05. The number of ether oxygens (including phenoxy) is 1. The molecule has 14 heavy (non-hydrogen) atoms. The van der Waals surface area contributed by atoms with Crippen molar-refractivity contribution in [1.82, 2.24) is 15.5 Å². The minimum Gasteiger partial charge on any atom is -0.374 e. The van der Waals surface area contributed by atoms with Gasteiger partial charge in [0, 0.05) is 13.7 Å². The van der Waals surface area contributed by atoms with E-state index in [2.05, 4.69) is 22.0 Å². The highest BCUT2D eigenvalue weighted by Crippen LogP contribution is 2.10. The zero-order valence-electron chi connectivity index (χ0n) is 8.49. The van der Waals surface area contributed by atoms with Crippen LogP contribution in [-0.4, -0.2) is 23.8 Å². The molecule has 0 spiro atoms. The molecule has 0 saturated heterocycles. The molecule has 1 aromatic heterocycles. The van der Waals surface area contributed by atoms with Crippen LogP contribution in [0.5, 0.6) is 0 Å². The molecule has 0 aliphatic carbocycles. The summed E-state index contributed by atoms with van der Waals surface area (Å²) in [5.74, 6) is 1.13. The lowest BCUT2D eigenvalue weighted by Gasteiger charge is -2.00. The molecule has 5 heteroatoms. The molecule has 1 aromatic rings. The lowest BCUT2D eigenvalue weighted by Crippen LogP contribution is -2.12. The Bertz CT molecular complexity index is 285. The lowest BCUT2D eigenvalue weighted by atomic mass is 10.4. The SMILES string of the molecule is C=CCNCc1nc(C(C)OC)no1. The predicted octanol–water partition coefficient (Wildman–Crippen LogP) is 1.05. The lowest BCUT2D eigenvalue weighted by molar-refractivity contribution is 0.109. The monoisotopic (exact) mass is 197 g/mol. The minimum absolute atomic E-state index is 0.132. The largest absolute Gasteiger partial charge is 0.374 e. The molecule has 0 aromatic carbocycles. The predicted molar refractivity (Wildman–Crippen MR) is 51.6 cm³/mol. The summed E-state index contributed by atoms with van der Waals surface area (Å²) in [7, 11) is 1.61. The summed E-state index contributed by atoms with van der Waals surface area (Å²) in [6, 6.07) is 0. The van der Waals surface area contributed by atoms with Gasteiger partial charge in [-0.1, -0.05) is 11.2 Å². The number of hydrogen-bond donors (Lipinski definition) is 1. The molecule has 0 aliphatic heterocycles. The summed E-state index contributed by atoms with van der Waals surface area (Å²) in [5.41, 5.74) is 0. The van der Waals surface area contributed by atoms with Crippen LogP contribution < -0.4 is 5.32 Å². The maximum Gasteiger partial charge on any atom is 0.240 e. The summed E-state index contributed by atoms with van der Waals surface area (Å²) < 4.78 is 10.0. The standard InChI is InChI=1S/C9H15N3O2/c1-4-5-10-6-8-11-9(12-14-8)7(2)13-3/h4,7,10H,1,5-6H2,2-3H3. The Morgan fingerprint density at radius 1 is 1.71 bits per heavy atom. The van der Waals surface area contributed by atoms with Crippen molar-refractivity contribution >= 4 is 0 Å². The molecule has 78 valence electrons. The fourth-order valence-electron chi connectivity index (χ4n) is 0.892. The zero-order valence-corrected chi connectivity index (χ0v) is 8.49. The molecular weight excluding hydrogens is 182 g/mol. The van der Waals surface area contributed by atoms with E-state index in [9.17, 15) is 0 Å². The van der Waals surface area contributed by atoms with Crippen LogP contribution in [0.4, 0.5) is 0 Å². The van der Waals surface area contributed by atoms with Crippen molar-refractivity contribution in [2.24, 2.45) is 0 Å². The molecule has 1 unspecified atom stereocenters. The Hall–Kier alpha value is -1.20. The summed E-state index contributed by atoms with van der Waals surface area (Å²) in [6.07, 6.45) is 1.64. The third-order valence-electron chi connectivity index (χ3n) is 1.77. The third kappa shape index (κ3) is 2.93. The van der Waals surface area contributed by atoms with Crippen LogP contribution in [0.1, 0.15) is 24.7 Å². The molecule has 0 aliphatic rings. The van der Waals surface area contributed by atoms with Crippen LogP contribution in [0.2, 0.25) is 0 Å². The maximum absolute atomic E-state index is 5.05. The van der Waals surface area contributed by atoms with Gasteiger partial charge in [-0.2, -0.15) is 4.98 Å². The van der Waals surface area contributed by atoms with E-state index in [1.165, 1.54) is 0 Å². The van der Waals surface area contributed by atoms with E-state index < -0.39 is 0 Å². The highest BCUT2D eigenvalue weighted by molar-refractivity contribution is 4.89. The van der Waals surface area contributed by atoms with Gasteiger partial charge in [0.25, 0.3) is 0 Å². The van der Waals surface area contributed by atoms with E-state index in [-0.39, 0.29) is 6.10 Å². The van der Waals surface area contributed by atoms with Gasteiger partial charge >= 0.3 is 0 Å². The van der Waals surface area contributed by atoms with Gasteiger partial charge < -0.3 is 14.6 Å². The summed E-state index contributed by atoms with van der Waals surface area (Å²) in [5, 5.41) is 6.86. The first-order valence-electron chi connectivity index (χ1n) is 4.44. The van der Waals surface area contributed by atoms with Gasteiger partial charge in [-0.15, -0.1) is 6.58 Å². The molecule has 1 N–H and O–H groups in total. The average molecular weight is 197 g/mol. The van der Waals surface area contributed by atoms with E-state index in [0.717, 1.165) is 6.54 Å². The molecule has 1 atom stereocenters. The molecule has 5 nitrogen and oxygen atoms in total. The zero-order chi connectivity index (χ0) is 10.4. The van der Waals surface area contributed by atoms with E-state index in [0.29, 0.717) is 18.3 Å². The Morgan fingerprint density at radius 3 is 3.14 bits per heavy atom. The van der Waals surface area contributed by atoms with E-state index in [1.807, 2.05) is 6.92 Å². The fourth-order valence-corrected chi connectivity index (χ4v) is 0.892. The first-order chi connectivity index (χ1) is 6.77. The number of hydrogen-bond acceptors (Lipinski definition) is 5. The van der Waals surface area contributed by atoms with Crippen molar-refractivity contribution in [3.63, 3.8) is 0 Å². The van der Waals surface area contributed by atoms with Gasteiger partial charge in [-0.25, -0.2) is 0 Å². The second-order valence-corrected chi connectivity index (χ2v) is 2.84. The second-order valence-electron chi connectivity index (χ2n) is 2.84. The van der Waals surface area contributed by atoms with Gasteiger partial charge in [-0.05, 0) is 6.92 Å². The number of rotatable bonds is 6. The Labute approximate surface area is 83.1 Å². The summed E-state index contributed by atoms with van der Waals surface area (Å²) in [4.78, 5) is 4.15. The number of methoxy groups -OCH3 is 1. The van der Waals surface area contributed by atoms with Gasteiger partial charge in [-0.3, -0.25) is 0 Å². The molecule has 0 bridgehead atoms. The summed E-state index contributed by atoms with van der Waals surface area (Å²) >= 11 is 0. The number of aromatic nitrogens is 2. The van der Waals surface area contributed by atoms with E-state index in [1.54, 1.807) is 13.2 Å². The minimum atomic E-state index is -0.132. The first-order valence-corrected chi connectivity index (χ1v) is 4.44. The van der Waals surface area contributed by atoms with Crippen molar-refractivity contribution in [2.45, 2.75) is 19.6 Å². The summed E-state index contributed by atoms with van der Waals surface area (Å²) in [6.45, 7) is 6.73. The van der Waals surface area contributed by atoms with Gasteiger partial charge in [0.15, 0.2) is 5.82 Å². The molecule has 0 fully saturated rings. The second kappa shape index (κ2) is 5.51. The van der Waals surface area contributed by atoms with Gasteiger partial charge in [0.2, 0.25) is 5.89 Å². The van der Waals surface area contributed by atoms with Crippen molar-refractivity contribution in [1.29, 1.82) is 0 Å². The highest BCUT2D eigenvalue weighted by atomic mass is 16.5. The van der Waals surface area contributed by atoms with Gasteiger partial charge in [0.05, 0.1) is 6.54 Å². The third-order valence-corrected chi connectivity index (χ3v) is 1.77. The topological polar surface area (TPSA) is 60.2 Å². The Balaban J connectivity index is 2.46. The van der Waals surface area contributed by atoms with Crippen molar-refractivity contribution in [3.8, 4) is 0 Å².